The lowest BCUT2D eigenvalue weighted by atomic mass is 9.96. The van der Waals surface area contributed by atoms with Gasteiger partial charge in [0, 0.05) is 33.7 Å². The van der Waals surface area contributed by atoms with Crippen LogP contribution < -0.4 is 0 Å². The number of carbonyl (C=O) groups excluding carboxylic acids is 2. The van der Waals surface area contributed by atoms with Gasteiger partial charge in [0.05, 0.1) is 45.5 Å². The number of nitrogens with zero attached hydrogens (tertiary/aromatic N) is 3. The minimum Gasteiger partial charge on any atom is -0.508 e. The Morgan fingerprint density at radius 3 is 2.39 bits per heavy atom. The Bertz CT molecular complexity index is 2380. The number of carbonyl (C=O) groups is 2. The number of phenolic OH excluding ortho intramolecular Hbond substituents is 2. The summed E-state index contributed by atoms with van der Waals surface area (Å²) in [4.78, 5) is 44.7. The van der Waals surface area contributed by atoms with E-state index in [0.717, 1.165) is 0 Å². The van der Waals surface area contributed by atoms with Crippen LogP contribution >= 0.6 is 23.4 Å². The van der Waals surface area contributed by atoms with Crippen LogP contribution in [0.25, 0.3) is 43.6 Å². The second-order valence-electron chi connectivity index (χ2n) is 11.6. The number of aromatic hydroxyl groups is 2. The van der Waals surface area contributed by atoms with Gasteiger partial charge in [-0.25, -0.2) is 4.98 Å². The van der Waals surface area contributed by atoms with E-state index in [9.17, 15) is 40.2 Å². The van der Waals surface area contributed by atoms with Gasteiger partial charge in [0.1, 0.15) is 42.5 Å². The fourth-order valence-electron chi connectivity index (χ4n) is 6.80. The molecule has 2 aliphatic rings. The van der Waals surface area contributed by atoms with Crippen molar-refractivity contribution < 1.29 is 49.8 Å². The van der Waals surface area contributed by atoms with Gasteiger partial charge in [-0.3, -0.25) is 14.4 Å². The molecule has 0 bridgehead atoms. The van der Waals surface area contributed by atoms with Gasteiger partial charge < -0.3 is 49.9 Å². The van der Waals surface area contributed by atoms with Crippen LogP contribution in [0.4, 0.5) is 0 Å². The van der Waals surface area contributed by atoms with E-state index in [1.807, 2.05) is 0 Å². The quantitative estimate of drug-likeness (QED) is 0.0885. The lowest BCUT2D eigenvalue weighted by Crippen LogP contribution is -2.56. The second kappa shape index (κ2) is 11.5. The van der Waals surface area contributed by atoms with Crippen LogP contribution in [-0.2, 0) is 16.2 Å². The lowest BCUT2D eigenvalue weighted by Gasteiger charge is -2.41. The molecule has 1 fully saturated rings. The number of nitrogens with one attached hydrogen (secondary N) is 2. The first kappa shape index (κ1) is 31.6. The number of ether oxygens (including phenoxy) is 1. The summed E-state index contributed by atoms with van der Waals surface area (Å²) in [6.07, 6.45) is -7.92. The highest BCUT2D eigenvalue weighted by molar-refractivity contribution is 8.02. The number of hydrogen-bond acceptors (Lipinski definition) is 12. The number of halogens is 1. The van der Waals surface area contributed by atoms with Crippen LogP contribution in [0, 0.1) is 0 Å². The Labute approximate surface area is 283 Å². The molecule has 0 spiro atoms. The average molecular weight is 708 g/mol. The molecule has 2 aliphatic heterocycles. The van der Waals surface area contributed by atoms with E-state index in [4.69, 9.17) is 21.2 Å². The average Bonchev–Trinajstić information content (AvgIpc) is 3.78. The van der Waals surface area contributed by atoms with Crippen LogP contribution in [0.2, 0.25) is 5.15 Å². The summed E-state index contributed by atoms with van der Waals surface area (Å²) in [5.41, 5.74) is 1.37. The number of aromatic nitrogens is 4. The lowest BCUT2D eigenvalue weighted by molar-refractivity contribution is -0.249. The van der Waals surface area contributed by atoms with Crippen molar-refractivity contribution in [2.45, 2.75) is 42.4 Å². The molecule has 0 saturated carbocycles. The maximum Gasteiger partial charge on any atom is 0.286 e. The summed E-state index contributed by atoms with van der Waals surface area (Å²) in [5.74, 6) is -1.88. The maximum absolute atomic E-state index is 14.4. The van der Waals surface area contributed by atoms with Crippen LogP contribution in [0.1, 0.15) is 32.6 Å². The van der Waals surface area contributed by atoms with Crippen molar-refractivity contribution >= 4 is 78.8 Å². The molecule has 2 amide bonds. The zero-order chi connectivity index (χ0) is 34.5. The molecule has 252 valence electrons. The zero-order valence-corrected chi connectivity index (χ0v) is 26.6. The summed E-state index contributed by atoms with van der Waals surface area (Å²) in [7, 11) is 0. The highest BCUT2D eigenvalue weighted by Crippen LogP contribution is 2.48. The third-order valence-electron chi connectivity index (χ3n) is 8.91. The second-order valence-corrected chi connectivity index (χ2v) is 13.0. The molecule has 0 unspecified atom stereocenters. The number of fused-ring (bicyclic) bond motifs is 10. The Morgan fingerprint density at radius 1 is 0.980 bits per heavy atom. The number of imidazole rings is 1. The molecule has 8 N–H and O–H groups in total. The van der Waals surface area contributed by atoms with Gasteiger partial charge in [-0.15, -0.1) is 5.06 Å². The normalized spacial score (nSPS) is 22.7. The molecular formula is C32H26ClN5O10S. The largest absolute Gasteiger partial charge is 0.508 e. The summed E-state index contributed by atoms with van der Waals surface area (Å²) in [6, 6.07) is 8.71. The fraction of sp³-hybridized carbons (Fsp3) is 0.219. The molecule has 3 aromatic heterocycles. The molecule has 5 atom stereocenters. The number of imide groups is 1. The number of amides is 2. The number of hydrogen-bond donors (Lipinski definition) is 8. The van der Waals surface area contributed by atoms with E-state index >= 15 is 0 Å². The molecule has 0 aliphatic carbocycles. The van der Waals surface area contributed by atoms with Crippen molar-refractivity contribution in [3.63, 3.8) is 0 Å². The van der Waals surface area contributed by atoms with Gasteiger partial charge in [-0.1, -0.05) is 29.9 Å². The molecule has 1 saturated heterocycles. The van der Waals surface area contributed by atoms with Gasteiger partial charge in [0.25, 0.3) is 11.8 Å². The predicted molar refractivity (Wildman–Crippen MR) is 176 cm³/mol. The van der Waals surface area contributed by atoms with Crippen molar-refractivity contribution in [3.8, 4) is 11.5 Å². The fourth-order valence-corrected chi connectivity index (χ4v) is 7.52. The summed E-state index contributed by atoms with van der Waals surface area (Å²) in [5, 5.41) is 67.5. The van der Waals surface area contributed by atoms with Gasteiger partial charge in [-0.2, -0.15) is 0 Å². The number of aliphatic hydroxyl groups is 4. The minimum atomic E-state index is -1.75. The van der Waals surface area contributed by atoms with Crippen LogP contribution in [0.5, 0.6) is 11.5 Å². The molecule has 6 aromatic rings. The third kappa shape index (κ3) is 4.57. The Hall–Kier alpha value is -4.65. The summed E-state index contributed by atoms with van der Waals surface area (Å²) < 4.78 is 7.42. The van der Waals surface area contributed by atoms with Crippen molar-refractivity contribution in [1.29, 1.82) is 0 Å². The highest BCUT2D eigenvalue weighted by Gasteiger charge is 2.47. The molecule has 49 heavy (non-hydrogen) atoms. The number of thioether (sulfide) groups is 1. The number of aliphatic hydroxyl groups excluding tert-OH is 4. The first-order valence-electron chi connectivity index (χ1n) is 14.8. The first-order valence-corrected chi connectivity index (χ1v) is 16.1. The topological polar surface area (TPSA) is 227 Å². The zero-order valence-electron chi connectivity index (χ0n) is 25.0. The molecule has 8 rings (SSSR count). The van der Waals surface area contributed by atoms with E-state index in [2.05, 4.69) is 21.5 Å². The number of H-pyrrole nitrogens is 2. The number of phenols is 2. The van der Waals surface area contributed by atoms with Gasteiger partial charge >= 0.3 is 0 Å². The number of aromatic amines is 2. The van der Waals surface area contributed by atoms with E-state index in [1.165, 1.54) is 46.7 Å². The van der Waals surface area contributed by atoms with Crippen LogP contribution in [0.3, 0.4) is 0 Å². The Morgan fingerprint density at radius 2 is 1.67 bits per heavy atom. The number of benzene rings is 3. The molecule has 15 nitrogen and oxygen atoms in total. The van der Waals surface area contributed by atoms with Crippen LogP contribution in [-0.4, -0.2) is 98.1 Å². The molecule has 17 heteroatoms. The first-order chi connectivity index (χ1) is 23.5. The highest BCUT2D eigenvalue weighted by atomic mass is 35.5. The van der Waals surface area contributed by atoms with Crippen molar-refractivity contribution in [1.82, 2.24) is 24.6 Å². The standard InChI is InChI=1S/C32H26ClN5O10S/c1-2-49-32-35-16(28(33)36-32)10-47-38-29(45)21-19-13-5-3-11(40)7-15(13)34-23(19)24-20(22(21)30(38)46)14-6-4-12(41)8-17(14)37(24)31-27(44)26(43)25(42)18(9-39)48-31/h2-8,18,25-27,31,34,39-44H,1,9-10H2,(H,35,36)/t18-,25-,26+,27-,31-/m1/s1. The molecular weight excluding hydrogens is 682 g/mol. The monoisotopic (exact) mass is 707 g/mol. The third-order valence-corrected chi connectivity index (χ3v) is 9.81. The van der Waals surface area contributed by atoms with Crippen molar-refractivity contribution in [3.05, 3.63) is 70.4 Å². The van der Waals surface area contributed by atoms with Gasteiger partial charge in [0.2, 0.25) is 0 Å². The smallest absolute Gasteiger partial charge is 0.286 e. The number of rotatable bonds is 7. The predicted octanol–water partition coefficient (Wildman–Crippen LogP) is 3.15. The summed E-state index contributed by atoms with van der Waals surface area (Å²) >= 11 is 7.45. The maximum atomic E-state index is 14.4. The van der Waals surface area contributed by atoms with Gasteiger partial charge in [0.15, 0.2) is 16.5 Å². The Balaban J connectivity index is 1.41. The van der Waals surface area contributed by atoms with E-state index in [1.54, 1.807) is 11.5 Å². The minimum absolute atomic E-state index is 0.0102. The molecule has 5 heterocycles. The van der Waals surface area contributed by atoms with E-state index < -0.39 is 49.1 Å². The van der Waals surface area contributed by atoms with Crippen molar-refractivity contribution in [2.24, 2.45) is 0 Å². The van der Waals surface area contributed by atoms with E-state index in [0.29, 0.717) is 32.2 Å². The molecule has 0 radical (unpaired) electrons. The summed E-state index contributed by atoms with van der Waals surface area (Å²) in [6.45, 7) is 2.61. The van der Waals surface area contributed by atoms with Crippen LogP contribution in [0.15, 0.2) is 53.5 Å². The number of hydroxylamine groups is 2. The van der Waals surface area contributed by atoms with Gasteiger partial charge in [-0.05, 0) is 29.7 Å². The van der Waals surface area contributed by atoms with E-state index in [-0.39, 0.29) is 61.7 Å². The molecule has 3 aromatic carbocycles. The van der Waals surface area contributed by atoms with Crippen molar-refractivity contribution in [2.75, 3.05) is 6.61 Å². The Kier molecular flexibility index (Phi) is 7.40. The SMILES string of the molecule is C=CSc1nc(Cl)c(CON2C(=O)c3c(c4c5ccc(O)cc5n([C@@H]5O[C@H](CO)[C@@H](O)[C@H](O)[C@H]5O)c4c4[nH]c5cc(O)ccc5c34)C2=O)[nH]1.